The smallest absolute Gasteiger partial charge is 0.378 e. The number of aromatic nitrogens is 3. The molecule has 0 bridgehead atoms. The molecule has 2 rings (SSSR count). The molecule has 0 aliphatic rings. The summed E-state index contributed by atoms with van der Waals surface area (Å²) >= 11 is 0. The molecule has 0 aliphatic heterocycles. The summed E-state index contributed by atoms with van der Waals surface area (Å²) in [4.78, 5) is 15.6. The highest BCUT2D eigenvalue weighted by molar-refractivity contribution is 7.89. The number of carbonyl (C=O) groups is 1. The zero-order chi connectivity index (χ0) is 17.0. The van der Waals surface area contributed by atoms with Gasteiger partial charge in [0, 0.05) is 0 Å². The number of esters is 1. The summed E-state index contributed by atoms with van der Waals surface area (Å²) in [6, 6.07) is 7.42. The Morgan fingerprint density at radius 2 is 2.04 bits per heavy atom. The van der Waals surface area contributed by atoms with Crippen LogP contribution in [0.5, 0.6) is 0 Å². The molecule has 0 saturated carbocycles. The SMILES string of the molecule is CCOC(=O)c1nc(CC#N)n(-c2ccc(S(N)(=O)=O)cc2)n1. The molecule has 9 nitrogen and oxygen atoms in total. The Bertz CT molecular complexity index is 865. The van der Waals surface area contributed by atoms with E-state index in [9.17, 15) is 13.2 Å². The van der Waals surface area contributed by atoms with Crippen LogP contribution in [0.15, 0.2) is 29.2 Å². The number of hydrogen-bond acceptors (Lipinski definition) is 7. The van der Waals surface area contributed by atoms with Gasteiger partial charge in [-0.15, -0.1) is 5.10 Å². The first kappa shape index (κ1) is 16.6. The van der Waals surface area contributed by atoms with Crippen LogP contribution in [0.1, 0.15) is 23.4 Å². The van der Waals surface area contributed by atoms with E-state index in [1.165, 1.54) is 28.9 Å². The number of benzene rings is 1. The second-order valence-corrected chi connectivity index (χ2v) is 5.92. The minimum Gasteiger partial charge on any atom is -0.460 e. The van der Waals surface area contributed by atoms with E-state index >= 15 is 0 Å². The van der Waals surface area contributed by atoms with Gasteiger partial charge in [-0.25, -0.2) is 28.0 Å². The topological polar surface area (TPSA) is 141 Å². The standard InChI is InChI=1S/C13H13N5O4S/c1-2-22-13(19)12-16-11(7-8-14)18(17-12)9-3-5-10(6-4-9)23(15,20)21/h3-6H,2,7H2,1H3,(H2,15,20,21). The average molecular weight is 335 g/mol. The molecule has 0 fully saturated rings. The number of sulfonamides is 1. The Morgan fingerprint density at radius 3 is 2.57 bits per heavy atom. The number of carbonyl (C=O) groups excluding carboxylic acids is 1. The summed E-state index contributed by atoms with van der Waals surface area (Å²) in [7, 11) is -3.81. The van der Waals surface area contributed by atoms with Gasteiger partial charge in [0.25, 0.3) is 5.82 Å². The molecule has 0 radical (unpaired) electrons. The Balaban J connectivity index is 2.45. The van der Waals surface area contributed by atoms with Crippen molar-refractivity contribution in [3.8, 4) is 11.8 Å². The Hall–Kier alpha value is -2.77. The number of nitrogens with zero attached hydrogens (tertiary/aromatic N) is 4. The summed E-state index contributed by atoms with van der Waals surface area (Å²) in [5.41, 5.74) is 0.436. The van der Waals surface area contributed by atoms with E-state index in [1.54, 1.807) is 6.92 Å². The third kappa shape index (κ3) is 3.71. The number of rotatable bonds is 5. The lowest BCUT2D eigenvalue weighted by atomic mass is 10.3. The minimum atomic E-state index is -3.81. The van der Waals surface area contributed by atoms with E-state index in [0.29, 0.717) is 5.69 Å². The van der Waals surface area contributed by atoms with Gasteiger partial charge in [-0.2, -0.15) is 5.26 Å². The third-order valence-corrected chi connectivity index (χ3v) is 3.71. The van der Waals surface area contributed by atoms with E-state index in [0.717, 1.165) is 0 Å². The number of nitriles is 1. The number of hydrogen-bond donors (Lipinski definition) is 1. The predicted octanol–water partition coefficient (Wildman–Crippen LogP) is 0.157. The molecular weight excluding hydrogens is 322 g/mol. The first-order valence-corrected chi connectivity index (χ1v) is 8.04. The van der Waals surface area contributed by atoms with Crippen LogP contribution in [0.25, 0.3) is 5.69 Å². The zero-order valence-corrected chi connectivity index (χ0v) is 12.9. The normalized spacial score (nSPS) is 11.0. The van der Waals surface area contributed by atoms with Gasteiger partial charge in [-0.3, -0.25) is 0 Å². The fourth-order valence-electron chi connectivity index (χ4n) is 1.80. The fraction of sp³-hybridized carbons (Fsp3) is 0.231. The van der Waals surface area contributed by atoms with Crippen LogP contribution < -0.4 is 5.14 Å². The number of ether oxygens (including phenoxy) is 1. The van der Waals surface area contributed by atoms with Gasteiger partial charge < -0.3 is 4.74 Å². The molecule has 10 heteroatoms. The van der Waals surface area contributed by atoms with Crippen LogP contribution in [-0.4, -0.2) is 35.8 Å². The molecule has 0 aliphatic carbocycles. The molecule has 23 heavy (non-hydrogen) atoms. The van der Waals surface area contributed by atoms with Gasteiger partial charge in [-0.1, -0.05) is 0 Å². The lowest BCUT2D eigenvalue weighted by molar-refractivity contribution is 0.0512. The van der Waals surface area contributed by atoms with E-state index in [1.807, 2.05) is 6.07 Å². The molecular formula is C13H13N5O4S. The Morgan fingerprint density at radius 1 is 1.39 bits per heavy atom. The van der Waals surface area contributed by atoms with Crippen LogP contribution >= 0.6 is 0 Å². The highest BCUT2D eigenvalue weighted by atomic mass is 32.2. The maximum Gasteiger partial charge on any atom is 0.378 e. The van der Waals surface area contributed by atoms with Crippen molar-refractivity contribution < 1.29 is 17.9 Å². The van der Waals surface area contributed by atoms with Crippen molar-refractivity contribution in [2.75, 3.05) is 6.61 Å². The van der Waals surface area contributed by atoms with Gasteiger partial charge in [-0.05, 0) is 31.2 Å². The lowest BCUT2D eigenvalue weighted by Crippen LogP contribution is -2.12. The van der Waals surface area contributed by atoms with Gasteiger partial charge in [0.15, 0.2) is 0 Å². The Labute approximate surface area is 132 Å². The van der Waals surface area contributed by atoms with E-state index in [2.05, 4.69) is 10.1 Å². The predicted molar refractivity (Wildman–Crippen MR) is 78.0 cm³/mol. The van der Waals surface area contributed by atoms with Crippen LogP contribution in [0.3, 0.4) is 0 Å². The largest absolute Gasteiger partial charge is 0.460 e. The first-order chi connectivity index (χ1) is 10.9. The highest BCUT2D eigenvalue weighted by Crippen LogP contribution is 2.14. The van der Waals surface area contributed by atoms with Gasteiger partial charge in [0.05, 0.1) is 29.7 Å². The van der Waals surface area contributed by atoms with E-state index in [-0.39, 0.29) is 29.6 Å². The van der Waals surface area contributed by atoms with Crippen molar-refractivity contribution in [2.45, 2.75) is 18.2 Å². The third-order valence-electron chi connectivity index (χ3n) is 2.78. The number of primary sulfonamides is 1. The second-order valence-electron chi connectivity index (χ2n) is 4.36. The molecule has 0 unspecified atom stereocenters. The van der Waals surface area contributed by atoms with Gasteiger partial charge in [0.2, 0.25) is 10.0 Å². The summed E-state index contributed by atoms with van der Waals surface area (Å²) in [5, 5.41) is 17.9. The molecule has 0 saturated heterocycles. The monoisotopic (exact) mass is 335 g/mol. The van der Waals surface area contributed by atoms with Gasteiger partial charge >= 0.3 is 5.97 Å². The quantitative estimate of drug-likeness (QED) is 0.767. The zero-order valence-electron chi connectivity index (χ0n) is 12.1. The van der Waals surface area contributed by atoms with Crippen molar-refractivity contribution in [2.24, 2.45) is 5.14 Å². The minimum absolute atomic E-state index is 0.0613. The summed E-state index contributed by atoms with van der Waals surface area (Å²) in [5.74, 6) is -0.641. The summed E-state index contributed by atoms with van der Waals surface area (Å²) < 4.78 is 28.6. The van der Waals surface area contributed by atoms with Crippen molar-refractivity contribution >= 4 is 16.0 Å². The van der Waals surface area contributed by atoms with Crippen LogP contribution in [-0.2, 0) is 21.2 Å². The summed E-state index contributed by atoms with van der Waals surface area (Å²) in [6.07, 6.45) is -0.0800. The molecule has 1 aromatic heterocycles. The van der Waals surface area contributed by atoms with Crippen molar-refractivity contribution in [1.82, 2.24) is 14.8 Å². The van der Waals surface area contributed by atoms with E-state index < -0.39 is 16.0 Å². The molecule has 1 aromatic carbocycles. The highest BCUT2D eigenvalue weighted by Gasteiger charge is 2.18. The molecule has 0 atom stereocenters. The molecule has 2 aromatic rings. The molecule has 1 heterocycles. The molecule has 120 valence electrons. The maximum absolute atomic E-state index is 11.7. The van der Waals surface area contributed by atoms with Crippen LogP contribution in [0.4, 0.5) is 0 Å². The first-order valence-electron chi connectivity index (χ1n) is 6.50. The van der Waals surface area contributed by atoms with Crippen molar-refractivity contribution in [3.05, 3.63) is 35.9 Å². The molecule has 0 amide bonds. The Kier molecular flexibility index (Phi) is 4.73. The fourth-order valence-corrected chi connectivity index (χ4v) is 2.31. The molecule has 2 N–H and O–H groups in total. The van der Waals surface area contributed by atoms with Gasteiger partial charge in [0.1, 0.15) is 5.82 Å². The van der Waals surface area contributed by atoms with Crippen LogP contribution in [0, 0.1) is 11.3 Å². The molecule has 0 spiro atoms. The summed E-state index contributed by atoms with van der Waals surface area (Å²) in [6.45, 7) is 1.82. The number of nitrogens with two attached hydrogens (primary N) is 1. The van der Waals surface area contributed by atoms with Crippen molar-refractivity contribution in [3.63, 3.8) is 0 Å². The van der Waals surface area contributed by atoms with Crippen LogP contribution in [0.2, 0.25) is 0 Å². The average Bonchev–Trinajstić information content (AvgIpc) is 2.91. The maximum atomic E-state index is 11.7. The second kappa shape index (κ2) is 6.55. The lowest BCUT2D eigenvalue weighted by Gasteiger charge is -2.04. The van der Waals surface area contributed by atoms with E-state index in [4.69, 9.17) is 15.1 Å². The van der Waals surface area contributed by atoms with Crippen molar-refractivity contribution in [1.29, 1.82) is 5.26 Å².